The van der Waals surface area contributed by atoms with Gasteiger partial charge in [-0.15, -0.1) is 0 Å². The molecule has 1 N–H and O–H groups in total. The van der Waals surface area contributed by atoms with Crippen molar-refractivity contribution in [1.82, 2.24) is 14.9 Å². The van der Waals surface area contributed by atoms with E-state index in [1.54, 1.807) is 0 Å². The number of rotatable bonds is 2. The molecule has 98 valence electrons. The van der Waals surface area contributed by atoms with E-state index in [0.717, 1.165) is 32.5 Å². The Balaban J connectivity index is 2.09. The third-order valence-electron chi connectivity index (χ3n) is 4.02. The van der Waals surface area contributed by atoms with E-state index < -0.39 is 0 Å². The summed E-state index contributed by atoms with van der Waals surface area (Å²) in [7, 11) is 0. The van der Waals surface area contributed by atoms with Crippen molar-refractivity contribution < 1.29 is 0 Å². The highest BCUT2D eigenvalue weighted by Gasteiger charge is 2.24. The molecule has 3 rings (SSSR count). The van der Waals surface area contributed by atoms with E-state index in [0.29, 0.717) is 5.92 Å². The highest BCUT2D eigenvalue weighted by molar-refractivity contribution is 5.67. The zero-order chi connectivity index (χ0) is 12.5. The maximum absolute atomic E-state index is 4.93. The van der Waals surface area contributed by atoms with Crippen molar-refractivity contribution in [2.75, 3.05) is 13.1 Å². The molecule has 0 aromatic carbocycles. The molecule has 3 nitrogen and oxygen atoms in total. The number of imidazole rings is 1. The summed E-state index contributed by atoms with van der Waals surface area (Å²) < 4.78 is 2.50. The molecule has 2 aliphatic heterocycles. The molecule has 0 saturated carbocycles. The SMILES string of the molecule is CC(C)c1nc2n(c1C1=CCNCC1)CCCC2. The maximum atomic E-state index is 4.93. The van der Waals surface area contributed by atoms with Gasteiger partial charge in [0.2, 0.25) is 0 Å². The highest BCUT2D eigenvalue weighted by Crippen LogP contribution is 2.31. The van der Waals surface area contributed by atoms with Crippen LogP contribution in [0.1, 0.15) is 56.2 Å². The molecule has 0 unspecified atom stereocenters. The van der Waals surface area contributed by atoms with E-state index >= 15 is 0 Å². The highest BCUT2D eigenvalue weighted by atomic mass is 15.1. The van der Waals surface area contributed by atoms with Crippen molar-refractivity contribution in [2.45, 2.75) is 52.0 Å². The first kappa shape index (κ1) is 12.0. The van der Waals surface area contributed by atoms with Crippen LogP contribution in [0, 0.1) is 0 Å². The van der Waals surface area contributed by atoms with Crippen LogP contribution in [0.15, 0.2) is 6.08 Å². The molecule has 3 heteroatoms. The van der Waals surface area contributed by atoms with Crippen molar-refractivity contribution in [2.24, 2.45) is 0 Å². The summed E-state index contributed by atoms with van der Waals surface area (Å²) >= 11 is 0. The Bertz CT molecular complexity index is 468. The minimum absolute atomic E-state index is 0.522. The monoisotopic (exact) mass is 245 g/mol. The van der Waals surface area contributed by atoms with Gasteiger partial charge in [-0.1, -0.05) is 19.9 Å². The molecule has 3 heterocycles. The van der Waals surface area contributed by atoms with Gasteiger partial charge in [-0.25, -0.2) is 4.98 Å². The number of hydrogen-bond donors (Lipinski definition) is 1. The third kappa shape index (κ3) is 2.01. The van der Waals surface area contributed by atoms with E-state index in [1.807, 2.05) is 0 Å². The predicted octanol–water partition coefficient (Wildman–Crippen LogP) is 2.72. The molecule has 18 heavy (non-hydrogen) atoms. The standard InChI is InChI=1S/C15H23N3/c1-11(2)14-15(12-6-8-16-9-7-12)18-10-4-3-5-13(18)17-14/h6,11,16H,3-5,7-10H2,1-2H3. The summed E-state index contributed by atoms with van der Waals surface area (Å²) in [6.07, 6.45) is 7.26. The van der Waals surface area contributed by atoms with Crippen LogP contribution in [-0.4, -0.2) is 22.6 Å². The minimum atomic E-state index is 0.522. The van der Waals surface area contributed by atoms with Crippen molar-refractivity contribution in [3.63, 3.8) is 0 Å². The zero-order valence-corrected chi connectivity index (χ0v) is 11.5. The second-order valence-electron chi connectivity index (χ2n) is 5.71. The van der Waals surface area contributed by atoms with Gasteiger partial charge in [-0.2, -0.15) is 0 Å². The lowest BCUT2D eigenvalue weighted by Gasteiger charge is -2.21. The first-order valence-corrected chi connectivity index (χ1v) is 7.27. The molecular formula is C15H23N3. The Morgan fingerprint density at radius 2 is 2.17 bits per heavy atom. The van der Waals surface area contributed by atoms with Crippen LogP contribution in [0.4, 0.5) is 0 Å². The summed E-state index contributed by atoms with van der Waals surface area (Å²) in [5.41, 5.74) is 4.28. The predicted molar refractivity (Wildman–Crippen MR) is 74.7 cm³/mol. The summed E-state index contributed by atoms with van der Waals surface area (Å²) in [4.78, 5) is 4.93. The summed E-state index contributed by atoms with van der Waals surface area (Å²) in [5, 5.41) is 3.40. The second kappa shape index (κ2) is 4.88. The first-order chi connectivity index (χ1) is 8.77. The number of aryl methyl sites for hydroxylation is 1. The molecular weight excluding hydrogens is 222 g/mol. The number of fused-ring (bicyclic) bond motifs is 1. The Morgan fingerprint density at radius 1 is 1.28 bits per heavy atom. The minimum Gasteiger partial charge on any atom is -0.328 e. The summed E-state index contributed by atoms with van der Waals surface area (Å²) in [5.74, 6) is 1.84. The zero-order valence-electron chi connectivity index (χ0n) is 11.5. The largest absolute Gasteiger partial charge is 0.328 e. The van der Waals surface area contributed by atoms with E-state index in [2.05, 4.69) is 29.8 Å². The molecule has 0 amide bonds. The fourth-order valence-corrected chi connectivity index (χ4v) is 3.08. The van der Waals surface area contributed by atoms with Gasteiger partial charge in [0.05, 0.1) is 11.4 Å². The van der Waals surface area contributed by atoms with Crippen LogP contribution in [0.25, 0.3) is 5.57 Å². The van der Waals surface area contributed by atoms with Crippen LogP contribution in [0.5, 0.6) is 0 Å². The van der Waals surface area contributed by atoms with Gasteiger partial charge < -0.3 is 9.88 Å². The first-order valence-electron chi connectivity index (χ1n) is 7.27. The second-order valence-corrected chi connectivity index (χ2v) is 5.71. The molecule has 1 aromatic heterocycles. The average molecular weight is 245 g/mol. The Kier molecular flexibility index (Phi) is 3.25. The van der Waals surface area contributed by atoms with Gasteiger partial charge in [0.1, 0.15) is 5.82 Å². The van der Waals surface area contributed by atoms with E-state index in [4.69, 9.17) is 4.98 Å². The molecule has 0 bridgehead atoms. The van der Waals surface area contributed by atoms with Gasteiger partial charge in [0, 0.05) is 19.5 Å². The molecule has 1 aromatic rings. The van der Waals surface area contributed by atoms with Crippen LogP contribution >= 0.6 is 0 Å². The lowest BCUT2D eigenvalue weighted by molar-refractivity contribution is 0.517. The van der Waals surface area contributed by atoms with Gasteiger partial charge >= 0.3 is 0 Å². The molecule has 2 aliphatic rings. The summed E-state index contributed by atoms with van der Waals surface area (Å²) in [6, 6.07) is 0. The van der Waals surface area contributed by atoms with Crippen LogP contribution in [0.3, 0.4) is 0 Å². The normalized spacial score (nSPS) is 19.8. The molecule has 0 fully saturated rings. The van der Waals surface area contributed by atoms with E-state index in [9.17, 15) is 0 Å². The quantitative estimate of drug-likeness (QED) is 0.868. The average Bonchev–Trinajstić information content (AvgIpc) is 2.79. The van der Waals surface area contributed by atoms with Crippen molar-refractivity contribution in [1.29, 1.82) is 0 Å². The van der Waals surface area contributed by atoms with Crippen LogP contribution < -0.4 is 5.32 Å². The third-order valence-corrected chi connectivity index (χ3v) is 4.02. The summed E-state index contributed by atoms with van der Waals surface area (Å²) in [6.45, 7) is 7.80. The number of nitrogens with one attached hydrogen (secondary N) is 1. The fourth-order valence-electron chi connectivity index (χ4n) is 3.08. The topological polar surface area (TPSA) is 29.9 Å². The Labute approximate surface area is 109 Å². The number of nitrogens with zero attached hydrogens (tertiary/aromatic N) is 2. The lowest BCUT2D eigenvalue weighted by Crippen LogP contribution is -2.22. The number of hydrogen-bond acceptors (Lipinski definition) is 2. The van der Waals surface area contributed by atoms with E-state index in [1.165, 1.54) is 35.6 Å². The smallest absolute Gasteiger partial charge is 0.109 e. The van der Waals surface area contributed by atoms with Crippen LogP contribution in [-0.2, 0) is 13.0 Å². The fraction of sp³-hybridized carbons (Fsp3) is 0.667. The number of aromatic nitrogens is 2. The van der Waals surface area contributed by atoms with Crippen molar-refractivity contribution in [3.05, 3.63) is 23.3 Å². The van der Waals surface area contributed by atoms with E-state index in [-0.39, 0.29) is 0 Å². The maximum Gasteiger partial charge on any atom is 0.109 e. The van der Waals surface area contributed by atoms with Crippen molar-refractivity contribution in [3.8, 4) is 0 Å². The molecule has 0 aliphatic carbocycles. The molecule has 0 spiro atoms. The van der Waals surface area contributed by atoms with Crippen LogP contribution in [0.2, 0.25) is 0 Å². The van der Waals surface area contributed by atoms with Gasteiger partial charge in [0.25, 0.3) is 0 Å². The van der Waals surface area contributed by atoms with Gasteiger partial charge in [-0.05, 0) is 37.3 Å². The molecule has 0 saturated heterocycles. The molecule has 0 radical (unpaired) electrons. The Morgan fingerprint density at radius 3 is 2.89 bits per heavy atom. The Hall–Kier alpha value is -1.09. The lowest BCUT2D eigenvalue weighted by atomic mass is 9.99. The van der Waals surface area contributed by atoms with Crippen molar-refractivity contribution >= 4 is 5.57 Å². The molecule has 0 atom stereocenters. The van der Waals surface area contributed by atoms with Gasteiger partial charge in [0.15, 0.2) is 0 Å². The van der Waals surface area contributed by atoms with Gasteiger partial charge in [-0.3, -0.25) is 0 Å².